The number of hydrogen-bond acceptors (Lipinski definition) is 7. The molecule has 0 bridgehead atoms. The summed E-state index contributed by atoms with van der Waals surface area (Å²) in [5, 5.41) is 13.2. The minimum atomic E-state index is -0.907. The lowest BCUT2D eigenvalue weighted by Gasteiger charge is -2.15. The number of esters is 1. The highest BCUT2D eigenvalue weighted by molar-refractivity contribution is 7.20. The van der Waals surface area contributed by atoms with Gasteiger partial charge in [-0.2, -0.15) is 0 Å². The van der Waals surface area contributed by atoms with Gasteiger partial charge in [-0.3, -0.25) is 0 Å². The molecule has 2 aromatic rings. The van der Waals surface area contributed by atoms with Crippen LogP contribution in [0, 0.1) is 0 Å². The number of aliphatic hydroxyl groups is 1. The van der Waals surface area contributed by atoms with E-state index in [1.807, 2.05) is 5.38 Å². The van der Waals surface area contributed by atoms with Gasteiger partial charge in [-0.1, -0.05) is 0 Å². The van der Waals surface area contributed by atoms with Crippen LogP contribution in [-0.4, -0.2) is 33.8 Å². The van der Waals surface area contributed by atoms with Crippen molar-refractivity contribution >= 4 is 28.6 Å². The lowest BCUT2D eigenvalue weighted by molar-refractivity contribution is 0.0588. The topological polar surface area (TPSA) is 72.3 Å². The van der Waals surface area contributed by atoms with Crippen LogP contribution in [0.5, 0.6) is 0 Å². The molecule has 0 atom stereocenters. The van der Waals surface area contributed by atoms with Gasteiger partial charge in [0.15, 0.2) is 15.7 Å². The zero-order valence-electron chi connectivity index (χ0n) is 10.8. The molecule has 5 nitrogen and oxygen atoms in total. The van der Waals surface area contributed by atoms with Crippen LogP contribution in [0.15, 0.2) is 11.6 Å². The zero-order valence-corrected chi connectivity index (χ0v) is 12.5. The number of thiazole rings is 2. The third-order valence-electron chi connectivity index (χ3n) is 2.28. The van der Waals surface area contributed by atoms with Crippen molar-refractivity contribution in [2.75, 3.05) is 7.11 Å². The van der Waals surface area contributed by atoms with Crippen LogP contribution in [-0.2, 0) is 11.2 Å². The van der Waals surface area contributed by atoms with Crippen LogP contribution in [0.4, 0.5) is 0 Å². The first-order valence-corrected chi connectivity index (χ1v) is 7.30. The zero-order chi connectivity index (χ0) is 14.0. The van der Waals surface area contributed by atoms with E-state index in [1.165, 1.54) is 29.8 Å². The molecule has 0 aliphatic carbocycles. The molecular weight excluding hydrogens is 284 g/mol. The van der Waals surface area contributed by atoms with E-state index in [9.17, 15) is 9.90 Å². The van der Waals surface area contributed by atoms with Gasteiger partial charge in [0.2, 0.25) is 0 Å². The molecule has 7 heteroatoms. The number of rotatable bonds is 4. The van der Waals surface area contributed by atoms with Gasteiger partial charge in [-0.15, -0.1) is 22.7 Å². The summed E-state index contributed by atoms with van der Waals surface area (Å²) < 4.78 is 4.73. The number of carbonyl (C=O) groups is 1. The average molecular weight is 298 g/mol. The molecule has 0 aliphatic rings. The molecule has 0 saturated heterocycles. The van der Waals surface area contributed by atoms with Gasteiger partial charge >= 0.3 is 5.97 Å². The van der Waals surface area contributed by atoms with Crippen molar-refractivity contribution in [1.29, 1.82) is 0 Å². The van der Waals surface area contributed by atoms with E-state index < -0.39 is 11.6 Å². The standard InChI is InChI=1S/C12H14N2O3S2/c1-12(2,16)6-7-8(11(15)17-3)14-10(19-7)9-13-4-5-18-9/h4-5,16H,6H2,1-3H3. The Morgan fingerprint density at radius 3 is 2.74 bits per heavy atom. The van der Waals surface area contributed by atoms with E-state index in [1.54, 1.807) is 20.0 Å². The predicted octanol–water partition coefficient (Wildman–Crippen LogP) is 2.37. The summed E-state index contributed by atoms with van der Waals surface area (Å²) >= 11 is 2.82. The third-order valence-corrected chi connectivity index (χ3v) is 4.26. The van der Waals surface area contributed by atoms with E-state index in [4.69, 9.17) is 4.74 Å². The summed E-state index contributed by atoms with van der Waals surface area (Å²) in [6.07, 6.45) is 2.04. The quantitative estimate of drug-likeness (QED) is 0.877. The molecule has 2 rings (SSSR count). The molecule has 0 saturated carbocycles. The number of carbonyl (C=O) groups excluding carboxylic acids is 1. The van der Waals surface area contributed by atoms with Crippen LogP contribution >= 0.6 is 22.7 Å². The molecule has 19 heavy (non-hydrogen) atoms. The monoisotopic (exact) mass is 298 g/mol. The van der Waals surface area contributed by atoms with E-state index >= 15 is 0 Å². The number of aromatic nitrogens is 2. The second-order valence-corrected chi connectivity index (χ2v) is 6.59. The molecule has 0 spiro atoms. The normalized spacial score (nSPS) is 11.6. The van der Waals surface area contributed by atoms with E-state index in [0.717, 1.165) is 5.01 Å². The maximum Gasteiger partial charge on any atom is 0.357 e. The van der Waals surface area contributed by atoms with Crippen molar-refractivity contribution < 1.29 is 14.6 Å². The summed E-state index contributed by atoms with van der Waals surface area (Å²) in [6.45, 7) is 3.38. The Balaban J connectivity index is 2.42. The fourth-order valence-electron chi connectivity index (χ4n) is 1.54. The Hall–Kier alpha value is -1.31. The summed E-state index contributed by atoms with van der Waals surface area (Å²) in [4.78, 5) is 20.9. The Labute approximate surface area is 118 Å². The maximum atomic E-state index is 11.7. The summed E-state index contributed by atoms with van der Waals surface area (Å²) in [5.74, 6) is -0.488. The number of methoxy groups -OCH3 is 1. The molecule has 0 amide bonds. The SMILES string of the molecule is COC(=O)c1nc(-c2nccs2)sc1CC(C)(C)O. The minimum Gasteiger partial charge on any atom is -0.464 e. The largest absolute Gasteiger partial charge is 0.464 e. The Kier molecular flexibility index (Phi) is 3.98. The Morgan fingerprint density at radius 2 is 2.21 bits per heavy atom. The first-order valence-electron chi connectivity index (χ1n) is 5.61. The van der Waals surface area contributed by atoms with Gasteiger partial charge in [0, 0.05) is 22.9 Å². The molecule has 2 heterocycles. The Morgan fingerprint density at radius 1 is 1.47 bits per heavy atom. The third kappa shape index (κ3) is 3.37. The van der Waals surface area contributed by atoms with Gasteiger partial charge in [0.05, 0.1) is 12.7 Å². The second kappa shape index (κ2) is 5.36. The number of ether oxygens (including phenoxy) is 1. The van der Waals surface area contributed by atoms with Crippen LogP contribution in [0.2, 0.25) is 0 Å². The molecule has 0 unspecified atom stereocenters. The van der Waals surface area contributed by atoms with Gasteiger partial charge in [-0.25, -0.2) is 14.8 Å². The van der Waals surface area contributed by atoms with Gasteiger partial charge < -0.3 is 9.84 Å². The molecule has 0 fully saturated rings. The van der Waals surface area contributed by atoms with E-state index in [-0.39, 0.29) is 5.69 Å². The summed E-state index contributed by atoms with van der Waals surface area (Å²) in [7, 11) is 1.32. The summed E-state index contributed by atoms with van der Waals surface area (Å²) in [6, 6.07) is 0. The van der Waals surface area contributed by atoms with Crippen LogP contribution < -0.4 is 0 Å². The summed E-state index contributed by atoms with van der Waals surface area (Å²) in [5.41, 5.74) is -0.644. The van der Waals surface area contributed by atoms with Crippen LogP contribution in [0.3, 0.4) is 0 Å². The number of nitrogens with zero attached hydrogens (tertiary/aromatic N) is 2. The van der Waals surface area contributed by atoms with Crippen LogP contribution in [0.1, 0.15) is 29.2 Å². The maximum absolute atomic E-state index is 11.7. The molecule has 2 aromatic heterocycles. The molecule has 0 aliphatic heterocycles. The highest BCUT2D eigenvalue weighted by atomic mass is 32.1. The highest BCUT2D eigenvalue weighted by Crippen LogP contribution is 2.31. The van der Waals surface area contributed by atoms with Crippen molar-refractivity contribution in [2.45, 2.75) is 25.9 Å². The molecular formula is C12H14N2O3S2. The number of hydrogen-bond donors (Lipinski definition) is 1. The molecule has 1 N–H and O–H groups in total. The first-order chi connectivity index (χ1) is 8.90. The molecule has 0 aromatic carbocycles. The lowest BCUT2D eigenvalue weighted by atomic mass is 10.0. The van der Waals surface area contributed by atoms with Crippen molar-refractivity contribution in [3.8, 4) is 10.0 Å². The van der Waals surface area contributed by atoms with Gasteiger partial charge in [0.1, 0.15) is 0 Å². The van der Waals surface area contributed by atoms with E-state index in [0.29, 0.717) is 16.3 Å². The molecule has 0 radical (unpaired) electrons. The van der Waals surface area contributed by atoms with Gasteiger partial charge in [0.25, 0.3) is 0 Å². The Bertz CT molecular complexity index is 570. The van der Waals surface area contributed by atoms with Crippen LogP contribution in [0.25, 0.3) is 10.0 Å². The average Bonchev–Trinajstić information content (AvgIpc) is 2.94. The first kappa shape index (κ1) is 14.1. The fraction of sp³-hybridized carbons (Fsp3) is 0.417. The lowest BCUT2D eigenvalue weighted by Crippen LogP contribution is -2.22. The van der Waals surface area contributed by atoms with E-state index in [2.05, 4.69) is 9.97 Å². The second-order valence-electron chi connectivity index (χ2n) is 4.61. The predicted molar refractivity (Wildman–Crippen MR) is 74.6 cm³/mol. The van der Waals surface area contributed by atoms with Crippen molar-refractivity contribution in [3.05, 3.63) is 22.1 Å². The molecule has 102 valence electrons. The van der Waals surface area contributed by atoms with Gasteiger partial charge in [-0.05, 0) is 13.8 Å². The van der Waals surface area contributed by atoms with Crippen molar-refractivity contribution in [3.63, 3.8) is 0 Å². The minimum absolute atomic E-state index is 0.264. The smallest absolute Gasteiger partial charge is 0.357 e. The fourth-order valence-corrected chi connectivity index (χ4v) is 3.49. The van der Waals surface area contributed by atoms with Crippen molar-refractivity contribution in [2.24, 2.45) is 0 Å². The highest BCUT2D eigenvalue weighted by Gasteiger charge is 2.25. The van der Waals surface area contributed by atoms with Crippen molar-refractivity contribution in [1.82, 2.24) is 9.97 Å².